The van der Waals surface area contributed by atoms with Crippen LogP contribution in [-0.2, 0) is 28.8 Å². The summed E-state index contributed by atoms with van der Waals surface area (Å²) in [5.41, 5.74) is -0.595. The molecule has 0 radical (unpaired) electrons. The fourth-order valence-electron chi connectivity index (χ4n) is 5.22. The van der Waals surface area contributed by atoms with Crippen molar-refractivity contribution in [2.45, 2.75) is 83.8 Å². The summed E-state index contributed by atoms with van der Waals surface area (Å²) < 4.78 is 17.9. The predicted molar refractivity (Wildman–Crippen MR) is 83.2 cm³/mol. The van der Waals surface area contributed by atoms with E-state index >= 15 is 0 Å². The number of carbonyl (C=O) groups is 1. The van der Waals surface area contributed by atoms with Crippen LogP contribution in [0.1, 0.15) is 59.8 Å². The highest BCUT2D eigenvalue weighted by Gasteiger charge is 2.69. The van der Waals surface area contributed by atoms with Crippen molar-refractivity contribution in [3.05, 3.63) is 0 Å². The normalized spacial score (nSPS) is 53.2. The van der Waals surface area contributed by atoms with Gasteiger partial charge in [-0.25, -0.2) is 9.78 Å². The molecule has 0 N–H and O–H groups in total. The number of rotatable bonds is 2. The van der Waals surface area contributed by atoms with Crippen LogP contribution in [0.4, 0.5) is 0 Å². The Kier molecular flexibility index (Phi) is 3.95. The van der Waals surface area contributed by atoms with E-state index in [-0.39, 0.29) is 17.8 Å². The summed E-state index contributed by atoms with van der Waals surface area (Å²) in [7, 11) is 0. The van der Waals surface area contributed by atoms with Crippen LogP contribution in [0.25, 0.3) is 0 Å². The highest BCUT2D eigenvalue weighted by molar-refractivity contribution is 5.69. The second-order valence-corrected chi connectivity index (χ2v) is 8.12. The predicted octanol–water partition coefficient (Wildman–Crippen LogP) is 3.15. The van der Waals surface area contributed by atoms with Crippen LogP contribution < -0.4 is 0 Å². The first kappa shape index (κ1) is 16.8. The molecule has 5 aliphatic rings. The van der Waals surface area contributed by atoms with E-state index in [1.54, 1.807) is 6.92 Å². The standard InChI is InChI=1S/C18H28O6/c1-5-14(19)20-15-11(3)13-7-6-10(2)12-8-9-17(4)22-16(21-15)18(12,13)24-23-17/h10-13,15-16H,5-9H2,1-4H3/t10-,11-,12?,13?,15-,16-,17+,18-/m1/s1. The molecule has 8 atom stereocenters. The molecular formula is C18H28O6. The van der Waals surface area contributed by atoms with Crippen molar-refractivity contribution in [1.82, 2.24) is 0 Å². The molecule has 6 nitrogen and oxygen atoms in total. The molecule has 1 aliphatic carbocycles. The van der Waals surface area contributed by atoms with E-state index in [1.807, 2.05) is 6.92 Å². The van der Waals surface area contributed by atoms with Crippen molar-refractivity contribution in [3.8, 4) is 0 Å². The van der Waals surface area contributed by atoms with Gasteiger partial charge in [0.1, 0.15) is 0 Å². The summed E-state index contributed by atoms with van der Waals surface area (Å²) in [4.78, 5) is 23.6. The largest absolute Gasteiger partial charge is 0.435 e. The van der Waals surface area contributed by atoms with Crippen molar-refractivity contribution in [2.75, 3.05) is 0 Å². The van der Waals surface area contributed by atoms with E-state index in [9.17, 15) is 4.79 Å². The van der Waals surface area contributed by atoms with E-state index < -0.39 is 24.0 Å². The molecule has 0 aromatic rings. The topological polar surface area (TPSA) is 63.2 Å². The van der Waals surface area contributed by atoms with Gasteiger partial charge in [-0.2, -0.15) is 0 Å². The summed E-state index contributed by atoms with van der Waals surface area (Å²) in [5, 5.41) is 0. The lowest BCUT2D eigenvalue weighted by atomic mass is 9.58. The molecule has 6 heteroatoms. The molecule has 1 spiro atoms. The third-order valence-electron chi connectivity index (χ3n) is 6.63. The fourth-order valence-corrected chi connectivity index (χ4v) is 5.22. The number of esters is 1. The smallest absolute Gasteiger partial charge is 0.307 e. The van der Waals surface area contributed by atoms with Crippen LogP contribution >= 0.6 is 0 Å². The Morgan fingerprint density at radius 1 is 1.17 bits per heavy atom. The Morgan fingerprint density at radius 3 is 2.71 bits per heavy atom. The van der Waals surface area contributed by atoms with Gasteiger partial charge in [-0.1, -0.05) is 20.8 Å². The van der Waals surface area contributed by atoms with Crippen molar-refractivity contribution in [3.63, 3.8) is 0 Å². The second kappa shape index (κ2) is 5.66. The van der Waals surface area contributed by atoms with Gasteiger partial charge < -0.3 is 14.2 Å². The first-order chi connectivity index (χ1) is 11.4. The molecule has 0 amide bonds. The van der Waals surface area contributed by atoms with Crippen molar-refractivity contribution < 1.29 is 28.8 Å². The summed E-state index contributed by atoms with van der Waals surface area (Å²) in [6, 6.07) is 0. The highest BCUT2D eigenvalue weighted by atomic mass is 17.3. The van der Waals surface area contributed by atoms with E-state index in [2.05, 4.69) is 13.8 Å². The lowest BCUT2D eigenvalue weighted by Gasteiger charge is -2.59. The van der Waals surface area contributed by atoms with Gasteiger partial charge in [0.25, 0.3) is 0 Å². The lowest BCUT2D eigenvalue weighted by Crippen LogP contribution is -2.70. The van der Waals surface area contributed by atoms with Crippen LogP contribution in [0.15, 0.2) is 0 Å². The lowest BCUT2D eigenvalue weighted by molar-refractivity contribution is -0.576. The van der Waals surface area contributed by atoms with Gasteiger partial charge in [-0.05, 0) is 38.0 Å². The molecule has 4 aliphatic heterocycles. The number of fused-ring (bicyclic) bond motifs is 2. The third kappa shape index (κ3) is 2.26. The Hall–Kier alpha value is -0.690. The average Bonchev–Trinajstić information content (AvgIpc) is 2.78. The van der Waals surface area contributed by atoms with Gasteiger partial charge in [0, 0.05) is 24.7 Å². The molecule has 136 valence electrons. The summed E-state index contributed by atoms with van der Waals surface area (Å²) >= 11 is 0. The van der Waals surface area contributed by atoms with Gasteiger partial charge >= 0.3 is 5.97 Å². The number of hydrogen-bond donors (Lipinski definition) is 0. The molecule has 0 aromatic heterocycles. The van der Waals surface area contributed by atoms with Gasteiger partial charge in [0.15, 0.2) is 11.9 Å². The van der Waals surface area contributed by atoms with Gasteiger partial charge in [-0.15, -0.1) is 0 Å². The zero-order valence-electron chi connectivity index (χ0n) is 14.9. The molecule has 2 unspecified atom stereocenters. The molecule has 5 rings (SSSR count). The number of hydrogen-bond acceptors (Lipinski definition) is 6. The average molecular weight is 340 g/mol. The van der Waals surface area contributed by atoms with E-state index in [1.165, 1.54) is 0 Å². The zero-order valence-corrected chi connectivity index (χ0v) is 14.9. The first-order valence-electron chi connectivity index (χ1n) is 9.29. The second-order valence-electron chi connectivity index (χ2n) is 8.12. The van der Waals surface area contributed by atoms with Gasteiger partial charge in [-0.3, -0.25) is 4.79 Å². The summed E-state index contributed by atoms with van der Waals surface area (Å²) in [5.74, 6) is 0.0527. The minimum atomic E-state index is -0.794. The molecule has 1 saturated carbocycles. The Labute approximate surface area is 143 Å². The van der Waals surface area contributed by atoms with Gasteiger partial charge in [0.05, 0.1) is 0 Å². The van der Waals surface area contributed by atoms with Crippen LogP contribution in [0.2, 0.25) is 0 Å². The van der Waals surface area contributed by atoms with E-state index in [0.717, 1.165) is 25.7 Å². The SMILES string of the molecule is CCC(=O)O[C@@H]1O[C@@H]2O[C@]3(C)CCC4[C@H](C)CCC([C@H]1C)[C@]42OO3. The Balaban J connectivity index is 1.71. The molecule has 4 heterocycles. The molecule has 5 fully saturated rings. The van der Waals surface area contributed by atoms with Gasteiger partial charge in [0.2, 0.25) is 12.1 Å². The van der Waals surface area contributed by atoms with Crippen LogP contribution in [0, 0.1) is 23.7 Å². The Morgan fingerprint density at radius 2 is 1.96 bits per heavy atom. The Bertz CT molecular complexity index is 524. The van der Waals surface area contributed by atoms with Crippen LogP contribution in [0.5, 0.6) is 0 Å². The molecule has 2 bridgehead atoms. The quantitative estimate of drug-likeness (QED) is 0.568. The summed E-state index contributed by atoms with van der Waals surface area (Å²) in [6.45, 7) is 8.05. The monoisotopic (exact) mass is 340 g/mol. The minimum absolute atomic E-state index is 0.0430. The van der Waals surface area contributed by atoms with Crippen LogP contribution in [0.3, 0.4) is 0 Å². The van der Waals surface area contributed by atoms with Crippen molar-refractivity contribution in [2.24, 2.45) is 23.7 Å². The summed E-state index contributed by atoms with van der Waals surface area (Å²) in [6.07, 6.45) is 3.13. The fraction of sp³-hybridized carbons (Fsp3) is 0.944. The first-order valence-corrected chi connectivity index (χ1v) is 9.29. The molecule has 4 saturated heterocycles. The third-order valence-corrected chi connectivity index (χ3v) is 6.63. The van der Waals surface area contributed by atoms with Crippen LogP contribution in [-0.4, -0.2) is 29.9 Å². The number of carbonyl (C=O) groups excluding carboxylic acids is 1. The zero-order chi connectivity index (χ0) is 17.1. The maximum Gasteiger partial charge on any atom is 0.307 e. The molecule has 0 aromatic carbocycles. The van der Waals surface area contributed by atoms with E-state index in [4.69, 9.17) is 24.0 Å². The maximum atomic E-state index is 11.8. The highest BCUT2D eigenvalue weighted by Crippen LogP contribution is 2.60. The van der Waals surface area contributed by atoms with Crippen molar-refractivity contribution >= 4 is 5.97 Å². The van der Waals surface area contributed by atoms with Crippen molar-refractivity contribution in [1.29, 1.82) is 0 Å². The van der Waals surface area contributed by atoms with E-state index in [0.29, 0.717) is 18.3 Å². The number of ether oxygens (including phenoxy) is 3. The maximum absolute atomic E-state index is 11.8. The molecular weight excluding hydrogens is 312 g/mol. The molecule has 24 heavy (non-hydrogen) atoms. The minimum Gasteiger partial charge on any atom is -0.435 e.